The quantitative estimate of drug-likeness (QED) is 0.563. The summed E-state index contributed by atoms with van der Waals surface area (Å²) in [6.45, 7) is 1.61. The molecule has 0 saturated carbocycles. The van der Waals surface area contributed by atoms with Crippen molar-refractivity contribution in [1.29, 1.82) is 0 Å². The molecule has 0 aromatic heterocycles. The maximum absolute atomic E-state index is 13.5. The van der Waals surface area contributed by atoms with Gasteiger partial charge in [0.1, 0.15) is 11.6 Å². The van der Waals surface area contributed by atoms with Crippen LogP contribution in [0.15, 0.2) is 72.8 Å². The number of rotatable bonds is 7. The molecule has 0 radical (unpaired) electrons. The summed E-state index contributed by atoms with van der Waals surface area (Å²) in [6, 6.07) is 20.8. The number of urea groups is 1. The number of halogens is 1. The summed E-state index contributed by atoms with van der Waals surface area (Å²) in [5.74, 6) is 0.318. The number of hydrogen-bond acceptors (Lipinski definition) is 3. The van der Waals surface area contributed by atoms with Crippen LogP contribution in [0.25, 0.3) is 0 Å². The van der Waals surface area contributed by atoms with Crippen LogP contribution in [0.5, 0.6) is 5.75 Å². The molecule has 1 fully saturated rings. The molecule has 0 aliphatic carbocycles. The minimum atomic E-state index is -0.307. The normalized spacial score (nSPS) is 13.7. The highest BCUT2D eigenvalue weighted by Gasteiger charge is 2.26. The van der Waals surface area contributed by atoms with Crippen molar-refractivity contribution in [2.75, 3.05) is 30.4 Å². The Morgan fingerprint density at radius 2 is 1.76 bits per heavy atom. The average Bonchev–Trinajstić information content (AvgIpc) is 2.82. The second-order valence-electron chi connectivity index (χ2n) is 7.96. The van der Waals surface area contributed by atoms with Gasteiger partial charge in [0.15, 0.2) is 0 Å². The number of ether oxygens (including phenoxy) is 1. The second-order valence-corrected chi connectivity index (χ2v) is 7.96. The second kappa shape index (κ2) is 10.2. The number of methoxy groups -OCH3 is 1. The molecular weight excluding hydrogens is 421 g/mol. The lowest BCUT2D eigenvalue weighted by Gasteiger charge is -2.35. The molecule has 1 aliphatic rings. The predicted octanol–water partition coefficient (Wildman–Crippen LogP) is 4.85. The van der Waals surface area contributed by atoms with Crippen molar-refractivity contribution in [3.63, 3.8) is 0 Å². The highest BCUT2D eigenvalue weighted by Crippen LogP contribution is 2.24. The summed E-state index contributed by atoms with van der Waals surface area (Å²) in [6.07, 6.45) is 1.08. The van der Waals surface area contributed by atoms with E-state index in [-0.39, 0.29) is 24.2 Å². The topological polar surface area (TPSA) is 61.9 Å². The van der Waals surface area contributed by atoms with Crippen molar-refractivity contribution < 1.29 is 18.7 Å². The van der Waals surface area contributed by atoms with Crippen LogP contribution in [0.3, 0.4) is 0 Å². The van der Waals surface area contributed by atoms with Crippen LogP contribution in [0.2, 0.25) is 0 Å². The number of hydrogen-bond donors (Lipinski definition) is 1. The molecule has 170 valence electrons. The third-order valence-corrected chi connectivity index (χ3v) is 5.56. The molecule has 3 aromatic rings. The van der Waals surface area contributed by atoms with Crippen molar-refractivity contribution in [2.45, 2.75) is 19.4 Å². The molecule has 0 bridgehead atoms. The van der Waals surface area contributed by atoms with E-state index in [9.17, 15) is 14.0 Å². The first-order valence-corrected chi connectivity index (χ1v) is 10.9. The third-order valence-electron chi connectivity index (χ3n) is 5.56. The zero-order valence-corrected chi connectivity index (χ0v) is 18.5. The van der Waals surface area contributed by atoms with Gasteiger partial charge >= 0.3 is 6.03 Å². The molecule has 0 unspecified atom stereocenters. The van der Waals surface area contributed by atoms with E-state index in [0.717, 1.165) is 29.0 Å². The Morgan fingerprint density at radius 3 is 2.45 bits per heavy atom. The average molecular weight is 448 g/mol. The van der Waals surface area contributed by atoms with E-state index >= 15 is 0 Å². The summed E-state index contributed by atoms with van der Waals surface area (Å²) < 4.78 is 18.6. The molecule has 1 aliphatic heterocycles. The Balaban J connectivity index is 1.36. The van der Waals surface area contributed by atoms with E-state index in [0.29, 0.717) is 25.3 Å². The molecule has 4 rings (SSSR count). The first-order valence-electron chi connectivity index (χ1n) is 10.9. The molecule has 0 spiro atoms. The SMILES string of the molecule is COc1ccc(CC(=O)Nc2ccc(N3CCCN(Cc4cccc(F)c4)C3=O)cc2)cc1. The Bertz CT molecular complexity index is 1120. The van der Waals surface area contributed by atoms with Crippen molar-refractivity contribution in [2.24, 2.45) is 0 Å². The van der Waals surface area contributed by atoms with Gasteiger partial charge in [-0.05, 0) is 66.1 Å². The highest BCUT2D eigenvalue weighted by molar-refractivity contribution is 5.94. The fourth-order valence-electron chi connectivity index (χ4n) is 3.88. The minimum Gasteiger partial charge on any atom is -0.497 e. The molecule has 0 atom stereocenters. The predicted molar refractivity (Wildman–Crippen MR) is 126 cm³/mol. The summed E-state index contributed by atoms with van der Waals surface area (Å²) in [4.78, 5) is 28.8. The summed E-state index contributed by atoms with van der Waals surface area (Å²) in [5, 5.41) is 2.89. The molecule has 1 saturated heterocycles. The molecule has 1 heterocycles. The zero-order valence-electron chi connectivity index (χ0n) is 18.5. The van der Waals surface area contributed by atoms with Crippen LogP contribution in [-0.2, 0) is 17.8 Å². The Kier molecular flexibility index (Phi) is 6.88. The molecule has 7 heteroatoms. The Hall–Kier alpha value is -3.87. The molecular formula is C26H26FN3O3. The number of amides is 3. The molecule has 3 amide bonds. The van der Waals surface area contributed by atoms with E-state index in [1.54, 1.807) is 35.1 Å². The monoisotopic (exact) mass is 447 g/mol. The van der Waals surface area contributed by atoms with Gasteiger partial charge in [0, 0.05) is 31.0 Å². The van der Waals surface area contributed by atoms with E-state index < -0.39 is 0 Å². The van der Waals surface area contributed by atoms with Crippen LogP contribution in [0.4, 0.5) is 20.6 Å². The van der Waals surface area contributed by atoms with Crippen molar-refractivity contribution in [1.82, 2.24) is 4.90 Å². The largest absolute Gasteiger partial charge is 0.497 e. The standard InChI is InChI=1S/C26H26FN3O3/c1-33-24-12-6-19(7-13-24)17-25(31)28-22-8-10-23(11-9-22)30-15-3-14-29(26(30)32)18-20-4-2-5-21(27)16-20/h2,4-13,16H,3,14-15,17-18H2,1H3,(H,28,31). The number of carbonyl (C=O) groups is 2. The lowest BCUT2D eigenvalue weighted by molar-refractivity contribution is -0.115. The van der Waals surface area contributed by atoms with E-state index in [1.165, 1.54) is 12.1 Å². The van der Waals surface area contributed by atoms with Crippen molar-refractivity contribution >= 4 is 23.3 Å². The third kappa shape index (κ3) is 5.68. The lowest BCUT2D eigenvalue weighted by Crippen LogP contribution is -2.49. The van der Waals surface area contributed by atoms with Crippen LogP contribution < -0.4 is 15.0 Å². The maximum Gasteiger partial charge on any atom is 0.324 e. The van der Waals surface area contributed by atoms with Crippen molar-refractivity contribution in [3.05, 3.63) is 89.7 Å². The maximum atomic E-state index is 13.5. The zero-order chi connectivity index (χ0) is 23.2. The highest BCUT2D eigenvalue weighted by atomic mass is 19.1. The van der Waals surface area contributed by atoms with E-state index in [4.69, 9.17) is 4.74 Å². The van der Waals surface area contributed by atoms with Crippen LogP contribution in [0.1, 0.15) is 17.5 Å². The van der Waals surface area contributed by atoms with E-state index in [1.807, 2.05) is 42.5 Å². The number of anilines is 2. The van der Waals surface area contributed by atoms with Crippen molar-refractivity contribution in [3.8, 4) is 5.75 Å². The molecule has 33 heavy (non-hydrogen) atoms. The van der Waals surface area contributed by atoms with Crippen LogP contribution in [0, 0.1) is 5.82 Å². The molecule has 6 nitrogen and oxygen atoms in total. The van der Waals surface area contributed by atoms with Gasteiger partial charge in [-0.15, -0.1) is 0 Å². The minimum absolute atomic E-state index is 0.109. The van der Waals surface area contributed by atoms with Gasteiger partial charge in [0.25, 0.3) is 0 Å². The first kappa shape index (κ1) is 22.3. The number of benzene rings is 3. The van der Waals surface area contributed by atoms with Gasteiger partial charge in [-0.25, -0.2) is 9.18 Å². The molecule has 3 aromatic carbocycles. The summed E-state index contributed by atoms with van der Waals surface area (Å²) in [7, 11) is 1.60. The lowest BCUT2D eigenvalue weighted by atomic mass is 10.1. The van der Waals surface area contributed by atoms with Gasteiger partial charge < -0.3 is 15.0 Å². The van der Waals surface area contributed by atoms with Crippen LogP contribution in [-0.4, -0.2) is 37.0 Å². The van der Waals surface area contributed by atoms with Gasteiger partial charge in [-0.2, -0.15) is 0 Å². The van der Waals surface area contributed by atoms with E-state index in [2.05, 4.69) is 5.32 Å². The number of nitrogens with zero attached hydrogens (tertiary/aromatic N) is 2. The number of carbonyl (C=O) groups excluding carboxylic acids is 2. The van der Waals surface area contributed by atoms with Gasteiger partial charge in [-0.1, -0.05) is 24.3 Å². The summed E-state index contributed by atoms with van der Waals surface area (Å²) >= 11 is 0. The van der Waals surface area contributed by atoms with Crippen LogP contribution >= 0.6 is 0 Å². The van der Waals surface area contributed by atoms with Gasteiger partial charge in [0.2, 0.25) is 5.91 Å². The number of nitrogens with one attached hydrogen (secondary N) is 1. The Morgan fingerprint density at radius 1 is 1.00 bits per heavy atom. The summed E-state index contributed by atoms with van der Waals surface area (Å²) in [5.41, 5.74) is 3.08. The fourth-order valence-corrected chi connectivity index (χ4v) is 3.88. The Labute approximate surface area is 192 Å². The van der Waals surface area contributed by atoms with Gasteiger partial charge in [-0.3, -0.25) is 9.69 Å². The smallest absolute Gasteiger partial charge is 0.324 e. The fraction of sp³-hybridized carbons (Fsp3) is 0.231. The van der Waals surface area contributed by atoms with Gasteiger partial charge in [0.05, 0.1) is 13.5 Å². The molecule has 1 N–H and O–H groups in total. The first-order chi connectivity index (χ1) is 16.0.